The maximum atomic E-state index is 12.6. The third-order valence-corrected chi connectivity index (χ3v) is 1.95. The largest absolute Gasteiger partial charge is 0.297 e. The highest BCUT2D eigenvalue weighted by Crippen LogP contribution is 2.11. The molecule has 0 spiro atoms. The molecule has 1 rings (SSSR count). The zero-order valence-electron chi connectivity index (χ0n) is 6.67. The Morgan fingerprint density at radius 2 is 2.50 bits per heavy atom. The summed E-state index contributed by atoms with van der Waals surface area (Å²) in [6, 6.07) is 0. The normalized spacial score (nSPS) is 25.3. The van der Waals surface area contributed by atoms with Crippen molar-refractivity contribution >= 4 is 16.8 Å². The quantitative estimate of drug-likeness (QED) is 0.496. The van der Waals surface area contributed by atoms with E-state index in [1.807, 2.05) is 4.90 Å². The van der Waals surface area contributed by atoms with Crippen molar-refractivity contribution in [1.29, 1.82) is 0 Å². The lowest BCUT2D eigenvalue weighted by atomic mass is 10.3. The first-order valence-electron chi connectivity index (χ1n) is 3.91. The van der Waals surface area contributed by atoms with Crippen LogP contribution < -0.4 is 0 Å². The zero-order chi connectivity index (χ0) is 8.97. The van der Waals surface area contributed by atoms with Crippen molar-refractivity contribution in [1.82, 2.24) is 4.90 Å². The van der Waals surface area contributed by atoms with Crippen LogP contribution in [-0.4, -0.2) is 35.9 Å². The Hall–Kier alpha value is -0.410. The lowest BCUT2D eigenvalue weighted by molar-refractivity contribution is -0.107. The van der Waals surface area contributed by atoms with E-state index in [0.29, 0.717) is 19.5 Å². The molecule has 1 heterocycles. The number of carbonyl (C=O) groups is 1. The lowest BCUT2D eigenvalue weighted by Gasteiger charge is -2.09. The first-order chi connectivity index (χ1) is 5.68. The molecule has 1 aliphatic heterocycles. The van der Waals surface area contributed by atoms with Crippen molar-refractivity contribution in [3.8, 4) is 0 Å². The van der Waals surface area contributed by atoms with Gasteiger partial charge in [0.05, 0.1) is 0 Å². The molecule has 68 valence electrons. The summed E-state index contributed by atoms with van der Waals surface area (Å²) in [6.07, 6.45) is 2.86. The van der Waals surface area contributed by atoms with Crippen molar-refractivity contribution in [3.05, 3.63) is 12.2 Å². The van der Waals surface area contributed by atoms with Crippen molar-refractivity contribution in [3.63, 3.8) is 0 Å². The van der Waals surface area contributed by atoms with Gasteiger partial charge < -0.3 is 0 Å². The van der Waals surface area contributed by atoms with Crippen LogP contribution >= 0.6 is 11.6 Å². The fourth-order valence-corrected chi connectivity index (χ4v) is 1.33. The SMILES string of the molecule is O=C(Cl)/C=C/CN1CC[C@@H](F)C1. The van der Waals surface area contributed by atoms with Crippen LogP contribution in [0.1, 0.15) is 6.42 Å². The molecule has 0 aliphatic carbocycles. The average Bonchev–Trinajstić information content (AvgIpc) is 2.35. The number of hydrogen-bond acceptors (Lipinski definition) is 2. The number of rotatable bonds is 3. The second-order valence-corrected chi connectivity index (χ2v) is 3.22. The van der Waals surface area contributed by atoms with Gasteiger partial charge in [0.1, 0.15) is 6.17 Å². The number of likely N-dealkylation sites (tertiary alicyclic amines) is 1. The predicted octanol–water partition coefficient (Wildman–Crippen LogP) is 1.35. The van der Waals surface area contributed by atoms with Gasteiger partial charge in [-0.3, -0.25) is 9.69 Å². The number of hydrogen-bond donors (Lipinski definition) is 0. The van der Waals surface area contributed by atoms with E-state index >= 15 is 0 Å². The molecule has 0 N–H and O–H groups in total. The van der Waals surface area contributed by atoms with Crippen LogP contribution in [0, 0.1) is 0 Å². The number of alkyl halides is 1. The van der Waals surface area contributed by atoms with Gasteiger partial charge in [0.15, 0.2) is 0 Å². The Labute approximate surface area is 76.0 Å². The fourth-order valence-electron chi connectivity index (χ4n) is 1.25. The molecule has 0 amide bonds. The summed E-state index contributed by atoms with van der Waals surface area (Å²) in [5.41, 5.74) is 0. The van der Waals surface area contributed by atoms with Crippen molar-refractivity contribution in [2.24, 2.45) is 0 Å². The first-order valence-corrected chi connectivity index (χ1v) is 4.28. The molecule has 0 unspecified atom stereocenters. The molecular formula is C8H11ClFNO. The highest BCUT2D eigenvalue weighted by atomic mass is 35.5. The van der Waals surface area contributed by atoms with E-state index in [1.54, 1.807) is 6.08 Å². The van der Waals surface area contributed by atoms with Crippen LogP contribution in [0.3, 0.4) is 0 Å². The van der Waals surface area contributed by atoms with Gasteiger partial charge in [0.2, 0.25) is 5.24 Å². The van der Waals surface area contributed by atoms with Crippen LogP contribution in [0.25, 0.3) is 0 Å². The van der Waals surface area contributed by atoms with Crippen LogP contribution in [-0.2, 0) is 4.79 Å². The van der Waals surface area contributed by atoms with Crippen LogP contribution in [0.2, 0.25) is 0 Å². The molecule has 0 saturated carbocycles. The predicted molar refractivity (Wildman–Crippen MR) is 46.0 cm³/mol. The zero-order valence-corrected chi connectivity index (χ0v) is 7.43. The van der Waals surface area contributed by atoms with E-state index < -0.39 is 11.4 Å². The second-order valence-electron chi connectivity index (χ2n) is 2.85. The average molecular weight is 192 g/mol. The van der Waals surface area contributed by atoms with Gasteiger partial charge in [0.25, 0.3) is 0 Å². The van der Waals surface area contributed by atoms with E-state index in [9.17, 15) is 9.18 Å². The minimum atomic E-state index is -0.704. The molecule has 1 fully saturated rings. The van der Waals surface area contributed by atoms with Gasteiger partial charge in [-0.15, -0.1) is 0 Å². The summed E-state index contributed by atoms with van der Waals surface area (Å²) in [5.74, 6) is 0. The van der Waals surface area contributed by atoms with E-state index in [1.165, 1.54) is 6.08 Å². The molecule has 0 radical (unpaired) electrons. The van der Waals surface area contributed by atoms with E-state index in [-0.39, 0.29) is 0 Å². The third-order valence-electron chi connectivity index (χ3n) is 1.83. The molecular weight excluding hydrogens is 181 g/mol. The molecule has 0 aromatic heterocycles. The van der Waals surface area contributed by atoms with Crippen molar-refractivity contribution < 1.29 is 9.18 Å². The number of allylic oxidation sites excluding steroid dienone is 1. The number of halogens is 2. The second kappa shape index (κ2) is 4.58. The van der Waals surface area contributed by atoms with Crippen LogP contribution in [0.15, 0.2) is 12.2 Å². The Balaban J connectivity index is 2.20. The van der Waals surface area contributed by atoms with Gasteiger partial charge in [-0.25, -0.2) is 4.39 Å². The lowest BCUT2D eigenvalue weighted by Crippen LogP contribution is -2.20. The van der Waals surface area contributed by atoms with Crippen LogP contribution in [0.5, 0.6) is 0 Å². The molecule has 12 heavy (non-hydrogen) atoms. The minimum absolute atomic E-state index is 0.473. The molecule has 4 heteroatoms. The summed E-state index contributed by atoms with van der Waals surface area (Å²) in [7, 11) is 0. The van der Waals surface area contributed by atoms with Crippen LogP contribution in [0.4, 0.5) is 4.39 Å². The summed E-state index contributed by atoms with van der Waals surface area (Å²) >= 11 is 5.07. The summed E-state index contributed by atoms with van der Waals surface area (Å²) < 4.78 is 12.6. The highest BCUT2D eigenvalue weighted by molar-refractivity contribution is 6.66. The maximum absolute atomic E-state index is 12.6. The molecule has 1 aliphatic rings. The monoisotopic (exact) mass is 191 g/mol. The molecule has 0 bridgehead atoms. The fraction of sp³-hybridized carbons (Fsp3) is 0.625. The van der Waals surface area contributed by atoms with Crippen molar-refractivity contribution in [2.75, 3.05) is 19.6 Å². The third kappa shape index (κ3) is 3.32. The van der Waals surface area contributed by atoms with Gasteiger partial charge in [-0.1, -0.05) is 6.08 Å². The van der Waals surface area contributed by atoms with E-state index in [0.717, 1.165) is 6.54 Å². The number of nitrogens with zero attached hydrogens (tertiary/aromatic N) is 1. The Kier molecular flexibility index (Phi) is 3.69. The molecule has 1 saturated heterocycles. The summed E-state index contributed by atoms with van der Waals surface area (Å²) in [5, 5.41) is -0.481. The van der Waals surface area contributed by atoms with Gasteiger partial charge in [-0.2, -0.15) is 0 Å². The summed E-state index contributed by atoms with van der Waals surface area (Å²) in [4.78, 5) is 12.2. The maximum Gasteiger partial charge on any atom is 0.244 e. The molecule has 0 aromatic carbocycles. The van der Waals surface area contributed by atoms with E-state index in [2.05, 4.69) is 0 Å². The summed E-state index contributed by atoms with van der Waals surface area (Å²) in [6.45, 7) is 1.85. The molecule has 2 nitrogen and oxygen atoms in total. The van der Waals surface area contributed by atoms with Crippen molar-refractivity contribution in [2.45, 2.75) is 12.6 Å². The molecule has 0 aromatic rings. The highest BCUT2D eigenvalue weighted by Gasteiger charge is 2.19. The molecule has 1 atom stereocenters. The standard InChI is InChI=1S/C8H11ClFNO/c9-8(12)2-1-4-11-5-3-7(10)6-11/h1-2,7H,3-6H2/b2-1+/t7-/m1/s1. The smallest absolute Gasteiger partial charge is 0.244 e. The van der Waals surface area contributed by atoms with E-state index in [4.69, 9.17) is 11.6 Å². The van der Waals surface area contributed by atoms with Gasteiger partial charge in [0, 0.05) is 19.6 Å². The minimum Gasteiger partial charge on any atom is -0.297 e. The number of carbonyl (C=O) groups excluding carboxylic acids is 1. The first kappa shape index (κ1) is 9.68. The Morgan fingerprint density at radius 3 is 3.00 bits per heavy atom. The topological polar surface area (TPSA) is 20.3 Å². The van der Waals surface area contributed by atoms with Gasteiger partial charge in [-0.05, 0) is 24.1 Å². The Morgan fingerprint density at radius 1 is 1.75 bits per heavy atom. The van der Waals surface area contributed by atoms with Gasteiger partial charge >= 0.3 is 0 Å². The Bertz CT molecular complexity index is 195.